The first-order valence-electron chi connectivity index (χ1n) is 5.85. The first-order chi connectivity index (χ1) is 9.19. The van der Waals surface area contributed by atoms with Crippen molar-refractivity contribution in [2.45, 2.75) is 12.8 Å². The van der Waals surface area contributed by atoms with Gasteiger partial charge in [-0.15, -0.1) is 0 Å². The van der Waals surface area contributed by atoms with Crippen LogP contribution >= 0.6 is 0 Å². The lowest BCUT2D eigenvalue weighted by atomic mass is 9.96. The zero-order valence-corrected chi connectivity index (χ0v) is 10.3. The van der Waals surface area contributed by atoms with E-state index >= 15 is 0 Å². The third-order valence-corrected chi connectivity index (χ3v) is 2.80. The fourth-order valence-electron chi connectivity index (χ4n) is 1.92. The van der Waals surface area contributed by atoms with Crippen molar-refractivity contribution >= 4 is 22.7 Å². The molecule has 0 spiro atoms. The Morgan fingerprint density at radius 3 is 2.84 bits per heavy atom. The Morgan fingerprint density at radius 1 is 1.42 bits per heavy atom. The van der Waals surface area contributed by atoms with Gasteiger partial charge in [0.05, 0.1) is 12.7 Å². The molecule has 0 saturated carbocycles. The van der Waals surface area contributed by atoms with Crippen molar-refractivity contribution in [1.29, 1.82) is 5.26 Å². The molecule has 0 saturated heterocycles. The summed E-state index contributed by atoms with van der Waals surface area (Å²) in [7, 11) is 0. The molecular formula is C14H12N2O3. The van der Waals surface area contributed by atoms with Crippen LogP contribution in [0.4, 0.5) is 0 Å². The van der Waals surface area contributed by atoms with Crippen molar-refractivity contribution < 1.29 is 14.3 Å². The van der Waals surface area contributed by atoms with Crippen LogP contribution in [0.15, 0.2) is 30.5 Å². The highest BCUT2D eigenvalue weighted by Crippen LogP contribution is 2.26. The highest BCUT2D eigenvalue weighted by atomic mass is 16.5. The van der Waals surface area contributed by atoms with Gasteiger partial charge in [-0.05, 0) is 13.0 Å². The number of nitrogens with zero attached hydrogens (tertiary/aromatic N) is 1. The quantitative estimate of drug-likeness (QED) is 0.669. The number of hydrogen-bond donors (Lipinski definition) is 1. The number of nitriles is 1. The molecule has 0 amide bonds. The topological polar surface area (TPSA) is 82.9 Å². The Balaban J connectivity index is 2.40. The van der Waals surface area contributed by atoms with Gasteiger partial charge < -0.3 is 9.72 Å². The monoisotopic (exact) mass is 256 g/mol. The molecule has 1 heterocycles. The van der Waals surface area contributed by atoms with Gasteiger partial charge in [-0.3, -0.25) is 4.79 Å². The number of para-hydroxylation sites is 1. The maximum atomic E-state index is 11.9. The smallest absolute Gasteiger partial charge is 0.376 e. The van der Waals surface area contributed by atoms with Crippen LogP contribution in [0, 0.1) is 11.3 Å². The SMILES string of the molecule is CCOC(=O)C(=O)C(C#N)c1c[nH]c2ccccc12. The summed E-state index contributed by atoms with van der Waals surface area (Å²) in [6, 6.07) is 9.15. The van der Waals surface area contributed by atoms with Gasteiger partial charge in [0.25, 0.3) is 5.78 Å². The van der Waals surface area contributed by atoms with Crippen molar-refractivity contribution in [3.05, 3.63) is 36.0 Å². The number of Topliss-reactive ketones (excluding diaryl/α,β-unsaturated/α-hetero) is 1. The van der Waals surface area contributed by atoms with Crippen molar-refractivity contribution in [3.8, 4) is 6.07 Å². The minimum Gasteiger partial charge on any atom is -0.460 e. The van der Waals surface area contributed by atoms with E-state index in [0.29, 0.717) is 5.56 Å². The number of hydrogen-bond acceptors (Lipinski definition) is 4. The Hall–Kier alpha value is -2.61. The molecule has 0 aliphatic carbocycles. The average Bonchev–Trinajstić information content (AvgIpc) is 2.84. The number of rotatable bonds is 4. The van der Waals surface area contributed by atoms with Crippen molar-refractivity contribution in [2.75, 3.05) is 6.61 Å². The van der Waals surface area contributed by atoms with E-state index in [4.69, 9.17) is 5.26 Å². The summed E-state index contributed by atoms with van der Waals surface area (Å²) in [6.45, 7) is 1.72. The molecule has 5 heteroatoms. The van der Waals surface area contributed by atoms with E-state index in [1.165, 1.54) is 0 Å². The third-order valence-electron chi connectivity index (χ3n) is 2.80. The first kappa shape index (κ1) is 12.8. The number of ketones is 1. The van der Waals surface area contributed by atoms with Crippen LogP contribution in [-0.2, 0) is 14.3 Å². The molecule has 1 N–H and O–H groups in total. The van der Waals surface area contributed by atoms with Gasteiger partial charge in [0.2, 0.25) is 0 Å². The molecule has 1 aromatic heterocycles. The number of ether oxygens (including phenoxy) is 1. The molecule has 1 aromatic carbocycles. The number of nitrogens with one attached hydrogen (secondary N) is 1. The van der Waals surface area contributed by atoms with E-state index in [1.807, 2.05) is 24.3 Å². The summed E-state index contributed by atoms with van der Waals surface area (Å²) in [4.78, 5) is 26.3. The molecule has 0 aliphatic heterocycles. The van der Waals surface area contributed by atoms with Crippen LogP contribution in [0.2, 0.25) is 0 Å². The maximum absolute atomic E-state index is 11.9. The number of aromatic nitrogens is 1. The van der Waals surface area contributed by atoms with Gasteiger partial charge >= 0.3 is 5.97 Å². The zero-order valence-electron chi connectivity index (χ0n) is 10.3. The van der Waals surface area contributed by atoms with Gasteiger partial charge in [-0.2, -0.15) is 5.26 Å². The highest BCUT2D eigenvalue weighted by molar-refractivity contribution is 6.36. The van der Waals surface area contributed by atoms with Crippen molar-refractivity contribution in [3.63, 3.8) is 0 Å². The number of carbonyl (C=O) groups is 2. The molecule has 19 heavy (non-hydrogen) atoms. The van der Waals surface area contributed by atoms with E-state index in [9.17, 15) is 9.59 Å². The maximum Gasteiger partial charge on any atom is 0.376 e. The predicted octanol–water partition coefficient (Wildman–Crippen LogP) is 1.91. The number of carbonyl (C=O) groups excluding carboxylic acids is 2. The molecule has 0 bridgehead atoms. The summed E-state index contributed by atoms with van der Waals surface area (Å²) in [5, 5.41) is 9.91. The summed E-state index contributed by atoms with van der Waals surface area (Å²) in [6.07, 6.45) is 1.58. The number of aromatic amines is 1. The number of fused-ring (bicyclic) bond motifs is 1. The summed E-state index contributed by atoms with van der Waals surface area (Å²) in [5.74, 6) is -2.95. The molecular weight excluding hydrogens is 244 g/mol. The number of esters is 1. The van der Waals surface area contributed by atoms with E-state index in [1.54, 1.807) is 19.2 Å². The Kier molecular flexibility index (Phi) is 3.62. The van der Waals surface area contributed by atoms with Crippen LogP contribution in [0.5, 0.6) is 0 Å². The Labute approximate surface area is 109 Å². The molecule has 1 atom stereocenters. The minimum absolute atomic E-state index is 0.108. The molecule has 2 rings (SSSR count). The summed E-state index contributed by atoms with van der Waals surface area (Å²) >= 11 is 0. The third kappa shape index (κ3) is 2.33. The predicted molar refractivity (Wildman–Crippen MR) is 68.3 cm³/mol. The second kappa shape index (κ2) is 5.36. The lowest BCUT2D eigenvalue weighted by Crippen LogP contribution is -2.23. The fraction of sp³-hybridized carbons (Fsp3) is 0.214. The Bertz CT molecular complexity index is 667. The zero-order chi connectivity index (χ0) is 13.8. The fourth-order valence-corrected chi connectivity index (χ4v) is 1.92. The average molecular weight is 256 g/mol. The molecule has 0 radical (unpaired) electrons. The van der Waals surface area contributed by atoms with Gasteiger partial charge in [-0.1, -0.05) is 18.2 Å². The second-order valence-corrected chi connectivity index (χ2v) is 3.94. The molecule has 0 fully saturated rings. The van der Waals surface area contributed by atoms with Crippen LogP contribution in [0.3, 0.4) is 0 Å². The van der Waals surface area contributed by atoms with Crippen LogP contribution in [-0.4, -0.2) is 23.3 Å². The van der Waals surface area contributed by atoms with Crippen molar-refractivity contribution in [2.24, 2.45) is 0 Å². The van der Waals surface area contributed by atoms with Gasteiger partial charge in [0.15, 0.2) is 0 Å². The van der Waals surface area contributed by atoms with Gasteiger partial charge in [0.1, 0.15) is 5.92 Å². The highest BCUT2D eigenvalue weighted by Gasteiger charge is 2.29. The van der Waals surface area contributed by atoms with E-state index in [2.05, 4.69) is 9.72 Å². The Morgan fingerprint density at radius 2 is 2.16 bits per heavy atom. The largest absolute Gasteiger partial charge is 0.460 e. The molecule has 1 unspecified atom stereocenters. The summed E-state index contributed by atoms with van der Waals surface area (Å²) in [5.41, 5.74) is 1.31. The van der Waals surface area contributed by atoms with E-state index in [-0.39, 0.29) is 6.61 Å². The lowest BCUT2D eigenvalue weighted by Gasteiger charge is -2.06. The van der Waals surface area contributed by atoms with Gasteiger partial charge in [0, 0.05) is 22.7 Å². The second-order valence-electron chi connectivity index (χ2n) is 3.94. The van der Waals surface area contributed by atoms with Gasteiger partial charge in [-0.25, -0.2) is 4.79 Å². The van der Waals surface area contributed by atoms with Crippen LogP contribution in [0.1, 0.15) is 18.4 Å². The van der Waals surface area contributed by atoms with Crippen molar-refractivity contribution in [1.82, 2.24) is 4.98 Å². The van der Waals surface area contributed by atoms with E-state index in [0.717, 1.165) is 10.9 Å². The molecule has 96 valence electrons. The lowest BCUT2D eigenvalue weighted by molar-refractivity contribution is -0.153. The minimum atomic E-state index is -1.14. The summed E-state index contributed by atoms with van der Waals surface area (Å²) < 4.78 is 4.65. The number of H-pyrrole nitrogens is 1. The first-order valence-corrected chi connectivity index (χ1v) is 5.85. The standard InChI is InChI=1S/C14H12N2O3/c1-2-19-14(18)13(17)10(7-15)11-8-16-12-6-4-3-5-9(11)12/h3-6,8,10,16H,2H2,1H3. The normalized spacial score (nSPS) is 11.8. The van der Waals surface area contributed by atoms with Crippen LogP contribution < -0.4 is 0 Å². The molecule has 5 nitrogen and oxygen atoms in total. The molecule has 0 aliphatic rings. The van der Waals surface area contributed by atoms with E-state index < -0.39 is 17.7 Å². The van der Waals surface area contributed by atoms with Crippen LogP contribution in [0.25, 0.3) is 10.9 Å². The number of benzene rings is 1. The molecule has 2 aromatic rings.